The monoisotopic (exact) mass is 250 g/mol. The number of hydrogen-bond donors (Lipinski definition) is 1. The van der Waals surface area contributed by atoms with E-state index in [0.29, 0.717) is 18.4 Å². The number of nitro benzene ring substituents is 1. The molecule has 0 heterocycles. The van der Waals surface area contributed by atoms with E-state index in [2.05, 4.69) is 0 Å². The fraction of sp³-hybridized carbons (Fsp3) is 0.333. The zero-order valence-corrected chi connectivity index (χ0v) is 9.80. The average molecular weight is 250 g/mol. The van der Waals surface area contributed by atoms with Crippen LogP contribution in [0.5, 0.6) is 0 Å². The lowest BCUT2D eigenvalue weighted by Gasteiger charge is -2.04. The predicted octanol–water partition coefficient (Wildman–Crippen LogP) is 2.46. The van der Waals surface area contributed by atoms with Gasteiger partial charge in [0.1, 0.15) is 6.61 Å². The first-order valence-electron chi connectivity index (χ1n) is 5.52. The lowest BCUT2D eigenvalue weighted by atomic mass is 10.2. The molecule has 0 radical (unpaired) electrons. The van der Waals surface area contributed by atoms with Gasteiger partial charge in [0.05, 0.1) is 10.5 Å². The highest BCUT2D eigenvalue weighted by Gasteiger charge is 2.13. The Balaban J connectivity index is 2.50. The van der Waals surface area contributed by atoms with Crippen molar-refractivity contribution in [2.75, 3.05) is 0 Å². The number of nitrogens with one attached hydrogen (secondary N) is 1. The Morgan fingerprint density at radius 3 is 2.83 bits per heavy atom. The maximum Gasteiger partial charge on any atom is 0.306 e. The van der Waals surface area contributed by atoms with E-state index in [1.807, 2.05) is 0 Å². The minimum Gasteiger partial charge on any atom is -0.461 e. The van der Waals surface area contributed by atoms with E-state index in [9.17, 15) is 14.9 Å². The first kappa shape index (κ1) is 13.8. The van der Waals surface area contributed by atoms with Gasteiger partial charge in [0.25, 0.3) is 5.69 Å². The van der Waals surface area contributed by atoms with Crippen molar-refractivity contribution in [1.82, 2.24) is 0 Å². The van der Waals surface area contributed by atoms with Gasteiger partial charge >= 0.3 is 5.97 Å². The molecule has 0 saturated heterocycles. The normalized spacial score (nSPS) is 9.78. The molecule has 0 fully saturated rings. The molecule has 0 spiro atoms. The quantitative estimate of drug-likeness (QED) is 0.264. The molecule has 0 aliphatic heterocycles. The van der Waals surface area contributed by atoms with Crippen molar-refractivity contribution in [2.24, 2.45) is 0 Å². The number of nitrogens with zero attached hydrogens (tertiary/aromatic N) is 1. The van der Waals surface area contributed by atoms with Gasteiger partial charge in [0.2, 0.25) is 0 Å². The van der Waals surface area contributed by atoms with Crippen LogP contribution in [0.25, 0.3) is 0 Å². The summed E-state index contributed by atoms with van der Waals surface area (Å²) >= 11 is 0. The highest BCUT2D eigenvalue weighted by atomic mass is 16.6. The maximum absolute atomic E-state index is 11.3. The van der Waals surface area contributed by atoms with Crippen LogP contribution in [0.3, 0.4) is 0 Å². The number of nitro groups is 1. The predicted molar refractivity (Wildman–Crippen MR) is 65.5 cm³/mol. The molecule has 18 heavy (non-hydrogen) atoms. The van der Waals surface area contributed by atoms with Crippen molar-refractivity contribution >= 4 is 17.9 Å². The van der Waals surface area contributed by atoms with Crippen LogP contribution in [0.15, 0.2) is 24.3 Å². The van der Waals surface area contributed by atoms with Crippen molar-refractivity contribution in [3.8, 4) is 0 Å². The summed E-state index contributed by atoms with van der Waals surface area (Å²) < 4.78 is 4.95. The van der Waals surface area contributed by atoms with E-state index in [0.717, 1.165) is 0 Å². The van der Waals surface area contributed by atoms with Gasteiger partial charge in [-0.1, -0.05) is 12.1 Å². The zero-order chi connectivity index (χ0) is 13.4. The first-order chi connectivity index (χ1) is 8.65. The summed E-state index contributed by atoms with van der Waals surface area (Å²) in [6.45, 7) is -0.0967. The van der Waals surface area contributed by atoms with E-state index < -0.39 is 10.9 Å². The van der Waals surface area contributed by atoms with E-state index in [1.165, 1.54) is 12.3 Å². The third-order valence-corrected chi connectivity index (χ3v) is 2.31. The SMILES string of the molecule is N=CCCCC(=O)OCc1ccccc1[N+](=O)[O-]. The number of rotatable bonds is 7. The molecule has 6 nitrogen and oxygen atoms in total. The van der Waals surface area contributed by atoms with Crippen LogP contribution in [0, 0.1) is 15.5 Å². The molecule has 1 aromatic carbocycles. The van der Waals surface area contributed by atoms with E-state index in [-0.39, 0.29) is 18.7 Å². The molecule has 0 atom stereocenters. The summed E-state index contributed by atoms with van der Waals surface area (Å²) in [6.07, 6.45) is 2.53. The van der Waals surface area contributed by atoms with Crippen molar-refractivity contribution in [2.45, 2.75) is 25.9 Å². The summed E-state index contributed by atoms with van der Waals surface area (Å²) in [5.74, 6) is -0.407. The summed E-state index contributed by atoms with van der Waals surface area (Å²) in [6, 6.07) is 6.15. The fourth-order valence-electron chi connectivity index (χ4n) is 1.39. The van der Waals surface area contributed by atoms with Gasteiger partial charge in [-0.05, 0) is 25.1 Å². The molecule has 0 amide bonds. The standard InChI is InChI=1S/C12H14N2O4/c13-8-4-3-7-12(15)18-9-10-5-1-2-6-11(10)14(16)17/h1-2,5-6,8,13H,3-4,7,9H2. The largest absolute Gasteiger partial charge is 0.461 e. The third kappa shape index (κ3) is 4.32. The highest BCUT2D eigenvalue weighted by Crippen LogP contribution is 2.18. The Bertz CT molecular complexity index is 445. The molecule has 0 saturated carbocycles. The number of carbonyl (C=O) groups excluding carboxylic acids is 1. The molecule has 1 N–H and O–H groups in total. The van der Waals surface area contributed by atoms with Crippen molar-refractivity contribution in [1.29, 1.82) is 5.41 Å². The number of hydrogen-bond acceptors (Lipinski definition) is 5. The van der Waals surface area contributed by atoms with Crippen LogP contribution >= 0.6 is 0 Å². The van der Waals surface area contributed by atoms with Gasteiger partial charge in [0.15, 0.2) is 0 Å². The molecular formula is C12H14N2O4. The molecule has 0 unspecified atom stereocenters. The Hall–Kier alpha value is -2.24. The lowest BCUT2D eigenvalue weighted by molar-refractivity contribution is -0.385. The van der Waals surface area contributed by atoms with E-state index >= 15 is 0 Å². The van der Waals surface area contributed by atoms with Crippen LogP contribution < -0.4 is 0 Å². The molecule has 6 heteroatoms. The van der Waals surface area contributed by atoms with Gasteiger partial charge in [0, 0.05) is 12.5 Å². The number of unbranched alkanes of at least 4 members (excludes halogenated alkanes) is 1. The average Bonchev–Trinajstić information content (AvgIpc) is 2.37. The molecule has 96 valence electrons. The van der Waals surface area contributed by atoms with E-state index in [1.54, 1.807) is 18.2 Å². The maximum atomic E-state index is 11.3. The molecule has 1 aromatic rings. The van der Waals surface area contributed by atoms with Gasteiger partial charge in [-0.3, -0.25) is 14.9 Å². The topological polar surface area (TPSA) is 93.3 Å². The van der Waals surface area contributed by atoms with Crippen molar-refractivity contribution in [3.63, 3.8) is 0 Å². The van der Waals surface area contributed by atoms with E-state index in [4.69, 9.17) is 10.1 Å². The summed E-state index contributed by atoms with van der Waals surface area (Å²) in [7, 11) is 0. The lowest BCUT2D eigenvalue weighted by Crippen LogP contribution is -2.06. The van der Waals surface area contributed by atoms with Gasteiger partial charge in [-0.2, -0.15) is 0 Å². The Labute approximate surface area is 104 Å². The van der Waals surface area contributed by atoms with Crippen LogP contribution in [0.2, 0.25) is 0 Å². The Morgan fingerprint density at radius 2 is 2.17 bits per heavy atom. The van der Waals surface area contributed by atoms with Crippen LogP contribution in [0.1, 0.15) is 24.8 Å². The molecule has 1 rings (SSSR count). The number of para-hydroxylation sites is 1. The second-order valence-electron chi connectivity index (χ2n) is 3.64. The molecular weight excluding hydrogens is 236 g/mol. The molecule has 0 aliphatic carbocycles. The van der Waals surface area contributed by atoms with Crippen LogP contribution in [-0.4, -0.2) is 17.1 Å². The minimum atomic E-state index is -0.502. The second kappa shape index (κ2) is 7.16. The zero-order valence-electron chi connectivity index (χ0n) is 9.80. The number of carbonyl (C=O) groups is 1. The van der Waals surface area contributed by atoms with Gasteiger partial charge in [-0.15, -0.1) is 0 Å². The summed E-state index contributed by atoms with van der Waals surface area (Å²) in [5, 5.41) is 17.5. The van der Waals surface area contributed by atoms with Gasteiger partial charge in [-0.25, -0.2) is 0 Å². The Kier molecular flexibility index (Phi) is 5.50. The van der Waals surface area contributed by atoms with Crippen LogP contribution in [0.4, 0.5) is 5.69 Å². The number of benzene rings is 1. The number of esters is 1. The first-order valence-corrected chi connectivity index (χ1v) is 5.52. The van der Waals surface area contributed by atoms with Crippen molar-refractivity contribution in [3.05, 3.63) is 39.9 Å². The molecule has 0 aromatic heterocycles. The molecule has 0 bridgehead atoms. The van der Waals surface area contributed by atoms with Crippen molar-refractivity contribution < 1.29 is 14.5 Å². The smallest absolute Gasteiger partial charge is 0.306 e. The highest BCUT2D eigenvalue weighted by molar-refractivity contribution is 5.70. The summed E-state index contributed by atoms with van der Waals surface area (Å²) in [4.78, 5) is 21.5. The summed E-state index contributed by atoms with van der Waals surface area (Å²) in [5.41, 5.74) is 0.327. The fourth-order valence-corrected chi connectivity index (χ4v) is 1.39. The third-order valence-electron chi connectivity index (χ3n) is 2.31. The van der Waals surface area contributed by atoms with Crippen LogP contribution in [-0.2, 0) is 16.1 Å². The Morgan fingerprint density at radius 1 is 1.44 bits per heavy atom. The molecule has 0 aliphatic rings. The number of ether oxygens (including phenoxy) is 1. The minimum absolute atomic E-state index is 0.0511. The van der Waals surface area contributed by atoms with Gasteiger partial charge < -0.3 is 10.1 Å². The second-order valence-corrected chi connectivity index (χ2v) is 3.64.